The van der Waals surface area contributed by atoms with Crippen molar-refractivity contribution in [3.05, 3.63) is 59.1 Å². The molecule has 0 saturated carbocycles. The first-order chi connectivity index (χ1) is 13.0. The molecule has 0 aromatic heterocycles. The predicted octanol–water partition coefficient (Wildman–Crippen LogP) is 3.04. The Kier molecular flexibility index (Phi) is 6.68. The zero-order valence-electron chi connectivity index (χ0n) is 14.1. The highest BCUT2D eigenvalue weighted by molar-refractivity contribution is 7.92. The number of anilines is 1. The van der Waals surface area contributed by atoms with Gasteiger partial charge in [-0.2, -0.15) is 13.2 Å². The molecule has 2 amide bonds. The van der Waals surface area contributed by atoms with E-state index in [2.05, 4.69) is 5.32 Å². The first-order valence-corrected chi connectivity index (χ1v) is 9.73. The molecule has 0 unspecified atom stereocenters. The van der Waals surface area contributed by atoms with Crippen LogP contribution in [0.1, 0.15) is 10.4 Å². The summed E-state index contributed by atoms with van der Waals surface area (Å²) in [5, 5.41) is 4.25. The van der Waals surface area contributed by atoms with E-state index in [1.165, 1.54) is 48.5 Å². The quantitative estimate of drug-likeness (QED) is 0.731. The fourth-order valence-corrected chi connectivity index (χ4v) is 3.41. The Hall–Kier alpha value is -2.59. The summed E-state index contributed by atoms with van der Waals surface area (Å²) >= 11 is 5.69. The lowest BCUT2D eigenvalue weighted by atomic mass is 10.1. The molecule has 0 spiro atoms. The monoisotopic (exact) mass is 434 g/mol. The fourth-order valence-electron chi connectivity index (χ4n) is 2.15. The molecule has 0 heterocycles. The largest absolute Gasteiger partial charge is 0.405 e. The lowest BCUT2D eigenvalue weighted by Crippen LogP contribution is -2.34. The van der Waals surface area contributed by atoms with Crippen LogP contribution < -0.4 is 10.6 Å². The van der Waals surface area contributed by atoms with Crippen LogP contribution in [0.5, 0.6) is 0 Å². The number of sulfone groups is 1. The third-order valence-electron chi connectivity index (χ3n) is 3.39. The summed E-state index contributed by atoms with van der Waals surface area (Å²) in [5.41, 5.74) is -0.345. The highest BCUT2D eigenvalue weighted by atomic mass is 35.5. The number of amides is 2. The van der Waals surface area contributed by atoms with E-state index >= 15 is 0 Å². The molecule has 2 aromatic rings. The second-order valence-corrected chi connectivity index (χ2v) is 8.03. The molecule has 2 aromatic carbocycles. The van der Waals surface area contributed by atoms with Crippen molar-refractivity contribution in [1.82, 2.24) is 5.32 Å². The minimum absolute atomic E-state index is 0.113. The highest BCUT2D eigenvalue weighted by Crippen LogP contribution is 2.19. The predicted molar refractivity (Wildman–Crippen MR) is 97.0 cm³/mol. The van der Waals surface area contributed by atoms with Crippen molar-refractivity contribution in [2.24, 2.45) is 0 Å². The van der Waals surface area contributed by atoms with Crippen molar-refractivity contribution < 1.29 is 31.2 Å². The molecule has 2 rings (SSSR count). The van der Waals surface area contributed by atoms with E-state index in [9.17, 15) is 31.2 Å². The van der Waals surface area contributed by atoms with Gasteiger partial charge in [-0.25, -0.2) is 8.42 Å². The zero-order valence-corrected chi connectivity index (χ0v) is 15.7. The number of carbonyl (C=O) groups is 2. The number of para-hydroxylation sites is 1. The average Bonchev–Trinajstić information content (AvgIpc) is 2.59. The topological polar surface area (TPSA) is 92.3 Å². The van der Waals surface area contributed by atoms with Crippen LogP contribution in [-0.4, -0.2) is 38.7 Å². The zero-order chi connectivity index (χ0) is 20.9. The molecule has 0 aliphatic rings. The molecule has 0 atom stereocenters. The Morgan fingerprint density at radius 3 is 2.21 bits per heavy atom. The molecular weight excluding hydrogens is 421 g/mol. The summed E-state index contributed by atoms with van der Waals surface area (Å²) in [4.78, 5) is 23.9. The van der Waals surface area contributed by atoms with Crippen molar-refractivity contribution in [3.8, 4) is 0 Å². The summed E-state index contributed by atoms with van der Waals surface area (Å²) in [5.74, 6) is -2.94. The molecule has 0 aliphatic heterocycles. The molecule has 28 heavy (non-hydrogen) atoms. The lowest BCUT2D eigenvalue weighted by molar-refractivity contribution is -0.123. The van der Waals surface area contributed by atoms with Gasteiger partial charge in [-0.1, -0.05) is 23.7 Å². The van der Waals surface area contributed by atoms with Gasteiger partial charge in [0.1, 0.15) is 12.3 Å². The van der Waals surface area contributed by atoms with E-state index in [0.29, 0.717) is 5.02 Å². The van der Waals surface area contributed by atoms with E-state index in [1.54, 1.807) is 5.32 Å². The van der Waals surface area contributed by atoms with Crippen molar-refractivity contribution in [1.29, 1.82) is 0 Å². The summed E-state index contributed by atoms with van der Waals surface area (Å²) in [6.07, 6.45) is -4.60. The Bertz CT molecular complexity index is 977. The van der Waals surface area contributed by atoms with Gasteiger partial charge in [0.25, 0.3) is 5.91 Å². The molecule has 0 aliphatic carbocycles. The third-order valence-corrected chi connectivity index (χ3v) is 5.27. The molecular formula is C17H14ClF3N2O4S. The third kappa shape index (κ3) is 6.24. The minimum atomic E-state index is -4.60. The van der Waals surface area contributed by atoms with E-state index in [0.717, 1.165) is 0 Å². The van der Waals surface area contributed by atoms with E-state index in [4.69, 9.17) is 11.6 Å². The molecule has 150 valence electrons. The molecule has 0 fully saturated rings. The number of carbonyl (C=O) groups excluding carboxylic acids is 2. The van der Waals surface area contributed by atoms with E-state index < -0.39 is 40.1 Å². The first-order valence-electron chi connectivity index (χ1n) is 7.70. The number of nitrogens with one attached hydrogen (secondary N) is 2. The van der Waals surface area contributed by atoms with Gasteiger partial charge in [0.15, 0.2) is 9.84 Å². The maximum atomic E-state index is 12.3. The standard InChI is InChI=1S/C17H14ClF3N2O4S/c18-11-5-7-12(8-6-11)28(26,27)9-15(24)23-14-4-2-1-3-13(14)16(25)22-10-17(19,20)21/h1-8H,9-10H2,(H,22,25)(H,23,24). The fraction of sp³-hybridized carbons (Fsp3) is 0.176. The van der Waals surface area contributed by atoms with E-state index in [-0.39, 0.29) is 16.1 Å². The number of rotatable bonds is 6. The molecule has 11 heteroatoms. The van der Waals surface area contributed by atoms with Gasteiger partial charge in [0.2, 0.25) is 5.91 Å². The molecule has 0 bridgehead atoms. The average molecular weight is 435 g/mol. The lowest BCUT2D eigenvalue weighted by Gasteiger charge is -2.12. The second kappa shape index (κ2) is 8.61. The molecule has 0 radical (unpaired) electrons. The Morgan fingerprint density at radius 1 is 1.00 bits per heavy atom. The van der Waals surface area contributed by atoms with Gasteiger partial charge in [-0.05, 0) is 36.4 Å². The van der Waals surface area contributed by atoms with Gasteiger partial charge in [-0.15, -0.1) is 0 Å². The van der Waals surface area contributed by atoms with Crippen LogP contribution >= 0.6 is 11.6 Å². The van der Waals surface area contributed by atoms with Gasteiger partial charge in [0, 0.05) is 5.02 Å². The summed E-state index contributed by atoms with van der Waals surface area (Å²) in [6, 6.07) is 10.5. The maximum Gasteiger partial charge on any atom is 0.405 e. The first kappa shape index (κ1) is 21.7. The van der Waals surface area contributed by atoms with Gasteiger partial charge in [-0.3, -0.25) is 9.59 Å². The van der Waals surface area contributed by atoms with Crippen LogP contribution in [0.4, 0.5) is 18.9 Å². The number of alkyl halides is 3. The minimum Gasteiger partial charge on any atom is -0.343 e. The highest BCUT2D eigenvalue weighted by Gasteiger charge is 2.28. The number of halogens is 4. The van der Waals surface area contributed by atoms with Crippen LogP contribution in [0.3, 0.4) is 0 Å². The van der Waals surface area contributed by atoms with Crippen molar-refractivity contribution >= 4 is 38.9 Å². The molecule has 0 saturated heterocycles. The van der Waals surface area contributed by atoms with Crippen LogP contribution in [-0.2, 0) is 14.6 Å². The second-order valence-electron chi connectivity index (χ2n) is 5.60. The SMILES string of the molecule is O=C(CS(=O)(=O)c1ccc(Cl)cc1)Nc1ccccc1C(=O)NCC(F)(F)F. The molecule has 6 nitrogen and oxygen atoms in total. The van der Waals surface area contributed by atoms with Crippen LogP contribution in [0, 0.1) is 0 Å². The normalized spacial score (nSPS) is 11.7. The van der Waals surface area contributed by atoms with Gasteiger partial charge in [0.05, 0.1) is 16.1 Å². The Morgan fingerprint density at radius 2 is 1.61 bits per heavy atom. The summed E-state index contributed by atoms with van der Waals surface area (Å²) < 4.78 is 61.3. The molecule has 2 N–H and O–H groups in total. The van der Waals surface area contributed by atoms with Crippen LogP contribution in [0.15, 0.2) is 53.4 Å². The van der Waals surface area contributed by atoms with Gasteiger partial charge < -0.3 is 10.6 Å². The maximum absolute atomic E-state index is 12.3. The Labute approximate surface area is 163 Å². The number of hydrogen-bond acceptors (Lipinski definition) is 4. The van der Waals surface area contributed by atoms with Crippen molar-refractivity contribution in [3.63, 3.8) is 0 Å². The van der Waals surface area contributed by atoms with Crippen LogP contribution in [0.2, 0.25) is 5.02 Å². The number of benzene rings is 2. The Balaban J connectivity index is 2.12. The van der Waals surface area contributed by atoms with Crippen LogP contribution in [0.25, 0.3) is 0 Å². The number of hydrogen-bond donors (Lipinski definition) is 2. The smallest absolute Gasteiger partial charge is 0.343 e. The van der Waals surface area contributed by atoms with Gasteiger partial charge >= 0.3 is 6.18 Å². The summed E-state index contributed by atoms with van der Waals surface area (Å²) in [7, 11) is -3.98. The van der Waals surface area contributed by atoms with Crippen molar-refractivity contribution in [2.75, 3.05) is 17.6 Å². The van der Waals surface area contributed by atoms with E-state index in [1.807, 2.05) is 0 Å². The van der Waals surface area contributed by atoms with Crippen molar-refractivity contribution in [2.45, 2.75) is 11.1 Å². The summed E-state index contributed by atoms with van der Waals surface area (Å²) in [6.45, 7) is -1.54.